The van der Waals surface area contributed by atoms with Crippen LogP contribution in [0.1, 0.15) is 0 Å². The van der Waals surface area contributed by atoms with Crippen molar-refractivity contribution in [3.05, 3.63) is 12.2 Å². The van der Waals surface area contributed by atoms with E-state index in [1.165, 1.54) is 0 Å². The van der Waals surface area contributed by atoms with E-state index in [2.05, 4.69) is 10.8 Å². The molecule has 9 heavy (non-hydrogen) atoms. The van der Waals surface area contributed by atoms with Crippen LogP contribution in [0.3, 0.4) is 0 Å². The quantitative estimate of drug-likeness (QED) is 0.352. The highest BCUT2D eigenvalue weighted by atomic mass is 16.8. The number of hydrogen-bond acceptors (Lipinski definition) is 4. The van der Waals surface area contributed by atoms with Gasteiger partial charge >= 0.3 is 0 Å². The van der Waals surface area contributed by atoms with Gasteiger partial charge in [-0.3, -0.25) is 9.59 Å². The van der Waals surface area contributed by atoms with Gasteiger partial charge in [0.2, 0.25) is 0 Å². The highest BCUT2D eigenvalue weighted by molar-refractivity contribution is 6.11. The molecule has 0 aromatic heterocycles. The first-order valence-corrected chi connectivity index (χ1v) is 2.18. The van der Waals surface area contributed by atoms with E-state index in [1.807, 2.05) is 0 Å². The minimum absolute atomic E-state index is 0.458. The van der Waals surface area contributed by atoms with Gasteiger partial charge in [0, 0.05) is 12.2 Å². The lowest BCUT2D eigenvalue weighted by molar-refractivity contribution is -0.186. The Hall–Kier alpha value is -1.20. The number of imide groups is 1. The Labute approximate surface area is 50.6 Å². The van der Waals surface area contributed by atoms with Crippen molar-refractivity contribution in [1.29, 1.82) is 0 Å². The van der Waals surface area contributed by atoms with Crippen LogP contribution in [-0.2, 0) is 14.5 Å². The number of rotatable bonds is 1. The molecule has 1 aliphatic rings. The molecule has 0 unspecified atom stereocenters. The van der Waals surface area contributed by atoms with Crippen LogP contribution in [0, 0.1) is 0 Å². The third kappa shape index (κ3) is 0.823. The Morgan fingerprint density at radius 1 is 1.33 bits per heavy atom. The average Bonchev–Trinajstić information content (AvgIpc) is 2.12. The zero-order valence-corrected chi connectivity index (χ0v) is 4.40. The second-order valence-electron chi connectivity index (χ2n) is 1.41. The topological polar surface area (TPSA) is 72.6 Å². The Morgan fingerprint density at radius 3 is 2.00 bits per heavy atom. The van der Waals surface area contributed by atoms with Crippen molar-refractivity contribution in [2.45, 2.75) is 0 Å². The zero-order valence-electron chi connectivity index (χ0n) is 4.40. The largest absolute Gasteiger partial charge is 0.279 e. The molecule has 1 rings (SSSR count). The average molecular weight is 128 g/mol. The van der Waals surface area contributed by atoms with Crippen LogP contribution in [0.25, 0.3) is 0 Å². The number of hydroxylamine groups is 2. The van der Waals surface area contributed by atoms with E-state index in [4.69, 9.17) is 0 Å². The third-order valence-corrected chi connectivity index (χ3v) is 0.874. The first kappa shape index (κ1) is 5.93. The van der Waals surface area contributed by atoms with Crippen LogP contribution < -0.4 is 5.90 Å². The number of carbonyl (C=O) groups excluding carboxylic acids is 2. The summed E-state index contributed by atoms with van der Waals surface area (Å²) >= 11 is 0. The molecule has 0 atom stereocenters. The van der Waals surface area contributed by atoms with Crippen LogP contribution in [-0.4, -0.2) is 16.9 Å². The molecule has 0 saturated carbocycles. The van der Waals surface area contributed by atoms with E-state index < -0.39 is 11.8 Å². The van der Waals surface area contributed by atoms with Crippen molar-refractivity contribution in [1.82, 2.24) is 5.06 Å². The van der Waals surface area contributed by atoms with Gasteiger partial charge in [-0.25, -0.2) is 0 Å². The minimum Gasteiger partial charge on any atom is -0.267 e. The molecule has 48 valence electrons. The molecule has 0 saturated heterocycles. The smallest absolute Gasteiger partial charge is 0.267 e. The summed E-state index contributed by atoms with van der Waals surface area (Å²) in [6.07, 6.45) is 2.16. The van der Waals surface area contributed by atoms with Crippen LogP contribution in [0.2, 0.25) is 0 Å². The summed E-state index contributed by atoms with van der Waals surface area (Å²) in [5.74, 6) is 3.45. The van der Waals surface area contributed by atoms with Crippen molar-refractivity contribution >= 4 is 11.8 Å². The maximum Gasteiger partial charge on any atom is 0.279 e. The standard InChI is InChI=1S/C4H4N2O3/c5-9-6-3(7)1-2-4(6)8/h1-2H,5H2. The lowest BCUT2D eigenvalue weighted by atomic mass is 10.6. The summed E-state index contributed by atoms with van der Waals surface area (Å²) in [6.45, 7) is 0. The highest BCUT2D eigenvalue weighted by Crippen LogP contribution is 2.00. The Balaban J connectivity index is 2.75. The van der Waals surface area contributed by atoms with Crippen molar-refractivity contribution in [3.63, 3.8) is 0 Å². The van der Waals surface area contributed by atoms with Crippen molar-refractivity contribution in [2.75, 3.05) is 0 Å². The molecule has 0 aromatic rings. The predicted octanol–water partition coefficient (Wildman–Crippen LogP) is -1.28. The first-order valence-electron chi connectivity index (χ1n) is 2.18. The molecule has 0 bridgehead atoms. The van der Waals surface area contributed by atoms with E-state index >= 15 is 0 Å². The normalized spacial score (nSPS) is 17.7. The molecule has 0 fully saturated rings. The number of hydrogen-bond donors (Lipinski definition) is 1. The lowest BCUT2D eigenvalue weighted by Crippen LogP contribution is -2.32. The van der Waals surface area contributed by atoms with Crippen LogP contribution in [0.5, 0.6) is 0 Å². The maximum absolute atomic E-state index is 10.4. The van der Waals surface area contributed by atoms with Crippen LogP contribution in [0.15, 0.2) is 12.2 Å². The fraction of sp³-hybridized carbons (Fsp3) is 0. The van der Waals surface area contributed by atoms with Crippen molar-refractivity contribution in [3.8, 4) is 0 Å². The van der Waals surface area contributed by atoms with Gasteiger partial charge in [0.15, 0.2) is 0 Å². The summed E-state index contributed by atoms with van der Waals surface area (Å²) in [5.41, 5.74) is 0. The monoisotopic (exact) mass is 128 g/mol. The van der Waals surface area contributed by atoms with Crippen molar-refractivity contribution < 1.29 is 14.5 Å². The summed E-state index contributed by atoms with van der Waals surface area (Å²) in [7, 11) is 0. The summed E-state index contributed by atoms with van der Waals surface area (Å²) in [6, 6.07) is 0. The van der Waals surface area contributed by atoms with E-state index in [0.717, 1.165) is 12.2 Å². The number of nitrogens with two attached hydrogens (primary N) is 1. The predicted molar refractivity (Wildman–Crippen MR) is 26.3 cm³/mol. The van der Waals surface area contributed by atoms with Gasteiger partial charge in [0.05, 0.1) is 0 Å². The molecule has 5 nitrogen and oxygen atoms in total. The van der Waals surface area contributed by atoms with Gasteiger partial charge in [-0.1, -0.05) is 0 Å². The highest BCUT2D eigenvalue weighted by Gasteiger charge is 2.23. The second-order valence-corrected chi connectivity index (χ2v) is 1.41. The molecule has 2 N–H and O–H groups in total. The summed E-state index contributed by atoms with van der Waals surface area (Å²) in [4.78, 5) is 24.8. The third-order valence-electron chi connectivity index (χ3n) is 0.874. The maximum atomic E-state index is 10.4. The summed E-state index contributed by atoms with van der Waals surface area (Å²) in [5, 5.41) is 0.458. The Kier molecular flexibility index (Phi) is 1.29. The number of nitrogens with zero attached hydrogens (tertiary/aromatic N) is 1. The molecule has 0 aromatic carbocycles. The molecule has 5 heteroatoms. The van der Waals surface area contributed by atoms with Gasteiger partial charge in [-0.05, 0) is 0 Å². The Bertz CT molecular complexity index is 168. The molecule has 2 amide bonds. The van der Waals surface area contributed by atoms with Gasteiger partial charge in [0.25, 0.3) is 11.8 Å². The molecule has 0 aliphatic carbocycles. The molecule has 0 radical (unpaired) electrons. The van der Waals surface area contributed by atoms with Crippen LogP contribution >= 0.6 is 0 Å². The number of amides is 2. The first-order chi connectivity index (χ1) is 4.25. The molecular formula is C4H4N2O3. The molecule has 1 aliphatic heterocycles. The van der Waals surface area contributed by atoms with E-state index in [0.29, 0.717) is 5.06 Å². The lowest BCUT2D eigenvalue weighted by Gasteiger charge is -2.05. The fourth-order valence-corrected chi connectivity index (χ4v) is 0.490. The molecule has 1 heterocycles. The van der Waals surface area contributed by atoms with E-state index in [-0.39, 0.29) is 0 Å². The number of carbonyl (C=O) groups is 2. The van der Waals surface area contributed by atoms with E-state index in [9.17, 15) is 9.59 Å². The van der Waals surface area contributed by atoms with Gasteiger partial charge in [0.1, 0.15) is 0 Å². The molecule has 0 spiro atoms. The van der Waals surface area contributed by atoms with Crippen LogP contribution in [0.4, 0.5) is 0 Å². The summed E-state index contributed by atoms with van der Waals surface area (Å²) < 4.78 is 0. The zero-order chi connectivity index (χ0) is 6.85. The molecular weight excluding hydrogens is 124 g/mol. The van der Waals surface area contributed by atoms with Gasteiger partial charge in [-0.2, -0.15) is 10.8 Å². The van der Waals surface area contributed by atoms with Gasteiger partial charge < -0.3 is 0 Å². The van der Waals surface area contributed by atoms with Crippen molar-refractivity contribution in [2.24, 2.45) is 5.90 Å². The van der Waals surface area contributed by atoms with E-state index in [1.54, 1.807) is 0 Å². The Morgan fingerprint density at radius 2 is 1.78 bits per heavy atom. The minimum atomic E-state index is -0.553. The van der Waals surface area contributed by atoms with Gasteiger partial charge in [-0.15, -0.1) is 5.06 Å². The second kappa shape index (κ2) is 1.96. The fourth-order valence-electron chi connectivity index (χ4n) is 0.490. The SMILES string of the molecule is NON1C(=O)C=CC1=O.